The van der Waals surface area contributed by atoms with Crippen LogP contribution in [0.3, 0.4) is 0 Å². The van der Waals surface area contributed by atoms with Gasteiger partial charge in [-0.3, -0.25) is 0 Å². The Morgan fingerprint density at radius 3 is 2.40 bits per heavy atom. The van der Waals surface area contributed by atoms with Crippen LogP contribution in [0.4, 0.5) is 0 Å². The van der Waals surface area contributed by atoms with Gasteiger partial charge in [-0.15, -0.1) is 11.8 Å². The Kier molecular flexibility index (Phi) is 5.69. The molecule has 0 aliphatic rings. The topological polar surface area (TPSA) is 32.6 Å². The van der Waals surface area contributed by atoms with E-state index in [0.29, 0.717) is 6.42 Å². The quantitative estimate of drug-likeness (QED) is 0.365. The van der Waals surface area contributed by atoms with Crippen LogP contribution in [0.5, 0.6) is 0 Å². The molecule has 0 spiro atoms. The van der Waals surface area contributed by atoms with E-state index in [-0.39, 0.29) is 0 Å². The molecule has 0 heterocycles. The number of hydrogen-bond acceptors (Lipinski definition) is 3. The highest BCUT2D eigenvalue weighted by atomic mass is 32.2. The summed E-state index contributed by atoms with van der Waals surface area (Å²) in [7, 11) is 0. The predicted octanol–water partition coefficient (Wildman–Crippen LogP) is 4.55. The Bertz CT molecular complexity index is 549. The standard InChI is InChI=1S/C17H19NOS/c1-14-7-9-17(10-8-14)20-12-11-16(18-19)13-15-5-3-2-4-6-15/h2-10,19H,11-13H2,1H3/b18-16+. The van der Waals surface area contributed by atoms with Gasteiger partial charge in [0.25, 0.3) is 0 Å². The summed E-state index contributed by atoms with van der Waals surface area (Å²) in [6, 6.07) is 18.6. The molecule has 0 aliphatic carbocycles. The van der Waals surface area contributed by atoms with Crippen LogP contribution in [0.2, 0.25) is 0 Å². The highest BCUT2D eigenvalue weighted by Crippen LogP contribution is 2.19. The summed E-state index contributed by atoms with van der Waals surface area (Å²) in [5.41, 5.74) is 3.28. The van der Waals surface area contributed by atoms with Crippen molar-refractivity contribution in [2.75, 3.05) is 5.75 Å². The molecule has 0 aromatic heterocycles. The fourth-order valence-electron chi connectivity index (χ4n) is 1.93. The summed E-state index contributed by atoms with van der Waals surface area (Å²) in [4.78, 5) is 1.26. The summed E-state index contributed by atoms with van der Waals surface area (Å²) >= 11 is 1.79. The van der Waals surface area contributed by atoms with Crippen molar-refractivity contribution < 1.29 is 5.21 Å². The number of benzene rings is 2. The van der Waals surface area contributed by atoms with Crippen LogP contribution < -0.4 is 0 Å². The van der Waals surface area contributed by atoms with Crippen LogP contribution in [-0.2, 0) is 6.42 Å². The number of thioether (sulfide) groups is 1. The lowest BCUT2D eigenvalue weighted by atomic mass is 10.1. The van der Waals surface area contributed by atoms with Gasteiger partial charge in [0.2, 0.25) is 0 Å². The van der Waals surface area contributed by atoms with Gasteiger partial charge in [-0.25, -0.2) is 0 Å². The van der Waals surface area contributed by atoms with Gasteiger partial charge in [0.1, 0.15) is 0 Å². The largest absolute Gasteiger partial charge is 0.411 e. The van der Waals surface area contributed by atoms with Crippen molar-refractivity contribution in [2.45, 2.75) is 24.7 Å². The van der Waals surface area contributed by atoms with Crippen molar-refractivity contribution in [1.29, 1.82) is 0 Å². The van der Waals surface area contributed by atoms with E-state index >= 15 is 0 Å². The minimum absolute atomic E-state index is 0.714. The third-order valence-electron chi connectivity index (χ3n) is 3.07. The van der Waals surface area contributed by atoms with Crippen molar-refractivity contribution in [1.82, 2.24) is 0 Å². The molecule has 2 aromatic rings. The molecule has 0 saturated carbocycles. The molecule has 0 unspecified atom stereocenters. The van der Waals surface area contributed by atoms with Gasteiger partial charge in [0, 0.05) is 17.1 Å². The van der Waals surface area contributed by atoms with E-state index in [0.717, 1.165) is 17.9 Å². The van der Waals surface area contributed by atoms with Crippen molar-refractivity contribution in [3.05, 3.63) is 65.7 Å². The molecule has 2 rings (SSSR count). The summed E-state index contributed by atoms with van der Waals surface area (Å²) < 4.78 is 0. The molecule has 1 N–H and O–H groups in total. The van der Waals surface area contributed by atoms with E-state index in [9.17, 15) is 0 Å². The monoisotopic (exact) mass is 285 g/mol. The van der Waals surface area contributed by atoms with Crippen molar-refractivity contribution in [2.24, 2.45) is 5.16 Å². The Morgan fingerprint density at radius 2 is 1.75 bits per heavy atom. The minimum Gasteiger partial charge on any atom is -0.411 e. The summed E-state index contributed by atoms with van der Waals surface area (Å²) in [5.74, 6) is 0.926. The van der Waals surface area contributed by atoms with Gasteiger partial charge in [-0.05, 0) is 31.0 Å². The van der Waals surface area contributed by atoms with Gasteiger partial charge >= 0.3 is 0 Å². The molecular formula is C17H19NOS. The maximum absolute atomic E-state index is 9.10. The molecule has 104 valence electrons. The lowest BCUT2D eigenvalue weighted by Crippen LogP contribution is -2.04. The van der Waals surface area contributed by atoms with Crippen LogP contribution in [0, 0.1) is 6.92 Å². The Labute approximate surface area is 124 Å². The van der Waals surface area contributed by atoms with E-state index in [1.807, 2.05) is 18.2 Å². The third kappa shape index (κ3) is 4.74. The number of hydrogen-bond donors (Lipinski definition) is 1. The molecule has 2 aromatic carbocycles. The molecule has 0 fully saturated rings. The first-order valence-corrected chi connectivity index (χ1v) is 7.69. The summed E-state index contributed by atoms with van der Waals surface area (Å²) in [5, 5.41) is 12.5. The van der Waals surface area contributed by atoms with Crippen LogP contribution in [0.25, 0.3) is 0 Å². The zero-order chi connectivity index (χ0) is 14.2. The first-order valence-electron chi connectivity index (χ1n) is 6.71. The third-order valence-corrected chi connectivity index (χ3v) is 4.09. The van der Waals surface area contributed by atoms with E-state index in [1.54, 1.807) is 11.8 Å². The molecule has 3 heteroatoms. The smallest absolute Gasteiger partial charge is 0.0622 e. The van der Waals surface area contributed by atoms with Gasteiger partial charge < -0.3 is 5.21 Å². The molecule has 0 atom stereocenters. The Morgan fingerprint density at radius 1 is 1.05 bits per heavy atom. The molecule has 2 nitrogen and oxygen atoms in total. The fraction of sp³-hybridized carbons (Fsp3) is 0.235. The molecule has 0 bridgehead atoms. The maximum atomic E-state index is 9.10. The first-order chi connectivity index (χ1) is 9.78. The summed E-state index contributed by atoms with van der Waals surface area (Å²) in [6.07, 6.45) is 1.51. The van der Waals surface area contributed by atoms with Crippen LogP contribution >= 0.6 is 11.8 Å². The van der Waals surface area contributed by atoms with E-state index < -0.39 is 0 Å². The second kappa shape index (κ2) is 7.75. The normalized spacial score (nSPS) is 11.6. The fourth-order valence-corrected chi connectivity index (χ4v) is 2.83. The Hall–Kier alpha value is -1.74. The number of oxime groups is 1. The van der Waals surface area contributed by atoms with Gasteiger partial charge in [-0.2, -0.15) is 0 Å². The number of aryl methyl sites for hydroxylation is 1. The predicted molar refractivity (Wildman–Crippen MR) is 85.9 cm³/mol. The highest BCUT2D eigenvalue weighted by Gasteiger charge is 2.03. The second-order valence-electron chi connectivity index (χ2n) is 4.74. The lowest BCUT2D eigenvalue weighted by Gasteiger charge is -2.05. The molecule has 0 saturated heterocycles. The average Bonchev–Trinajstić information content (AvgIpc) is 2.49. The molecule has 0 radical (unpaired) electrons. The van der Waals surface area contributed by atoms with Gasteiger partial charge in [-0.1, -0.05) is 53.2 Å². The van der Waals surface area contributed by atoms with Gasteiger partial charge in [0.15, 0.2) is 0 Å². The van der Waals surface area contributed by atoms with E-state index in [2.05, 4.69) is 48.5 Å². The lowest BCUT2D eigenvalue weighted by molar-refractivity contribution is 0.317. The number of rotatable bonds is 6. The van der Waals surface area contributed by atoms with Crippen LogP contribution in [-0.4, -0.2) is 16.7 Å². The molecule has 20 heavy (non-hydrogen) atoms. The van der Waals surface area contributed by atoms with E-state index in [1.165, 1.54) is 16.0 Å². The molecule has 0 aliphatic heterocycles. The van der Waals surface area contributed by atoms with E-state index in [4.69, 9.17) is 5.21 Å². The molecule has 0 amide bonds. The van der Waals surface area contributed by atoms with Crippen molar-refractivity contribution in [3.63, 3.8) is 0 Å². The summed E-state index contributed by atoms with van der Waals surface area (Å²) in [6.45, 7) is 2.09. The Balaban J connectivity index is 1.81. The zero-order valence-electron chi connectivity index (χ0n) is 11.6. The maximum Gasteiger partial charge on any atom is 0.0622 e. The second-order valence-corrected chi connectivity index (χ2v) is 5.91. The highest BCUT2D eigenvalue weighted by molar-refractivity contribution is 7.99. The van der Waals surface area contributed by atoms with Crippen molar-refractivity contribution in [3.8, 4) is 0 Å². The van der Waals surface area contributed by atoms with Crippen molar-refractivity contribution >= 4 is 17.5 Å². The SMILES string of the molecule is Cc1ccc(SCC/C(Cc2ccccc2)=N\O)cc1. The zero-order valence-corrected chi connectivity index (χ0v) is 12.4. The van der Waals surface area contributed by atoms with Crippen LogP contribution in [0.1, 0.15) is 17.5 Å². The average molecular weight is 285 g/mol. The first kappa shape index (κ1) is 14.7. The number of nitrogens with zero attached hydrogens (tertiary/aromatic N) is 1. The van der Waals surface area contributed by atoms with Gasteiger partial charge in [0.05, 0.1) is 5.71 Å². The van der Waals surface area contributed by atoms with Crippen LogP contribution in [0.15, 0.2) is 64.6 Å². The molecular weight excluding hydrogens is 266 g/mol. The minimum atomic E-state index is 0.714.